The molecular weight excluding hydrogens is 308 g/mol. The van der Waals surface area contributed by atoms with Crippen LogP contribution >= 0.6 is 0 Å². The predicted octanol–water partition coefficient (Wildman–Crippen LogP) is 1.57. The molecule has 0 unspecified atom stereocenters. The molecule has 24 heavy (non-hydrogen) atoms. The predicted molar refractivity (Wildman–Crippen MR) is 94.3 cm³/mol. The Morgan fingerprint density at radius 3 is 2.50 bits per heavy atom. The zero-order valence-corrected chi connectivity index (χ0v) is 14.8. The van der Waals surface area contributed by atoms with Crippen molar-refractivity contribution in [3.8, 4) is 0 Å². The summed E-state index contributed by atoms with van der Waals surface area (Å²) >= 11 is 0. The molecule has 0 bridgehead atoms. The van der Waals surface area contributed by atoms with E-state index in [1.807, 2.05) is 20.8 Å². The third-order valence-corrected chi connectivity index (χ3v) is 3.92. The molecule has 0 radical (unpaired) electrons. The molecule has 0 saturated carbocycles. The Hall–Kier alpha value is -2.44. The maximum Gasteiger partial charge on any atom is 0.332 e. The molecule has 7 nitrogen and oxygen atoms in total. The Balaban J connectivity index is 2.77. The van der Waals surface area contributed by atoms with E-state index in [-0.39, 0.29) is 22.9 Å². The van der Waals surface area contributed by atoms with Gasteiger partial charge in [-0.1, -0.05) is 27.2 Å². The van der Waals surface area contributed by atoms with Crippen molar-refractivity contribution in [2.45, 2.75) is 40.0 Å². The molecule has 1 amide bonds. The summed E-state index contributed by atoms with van der Waals surface area (Å²) in [5.41, 5.74) is 0.672. The van der Waals surface area contributed by atoms with E-state index in [1.165, 1.54) is 11.6 Å². The van der Waals surface area contributed by atoms with Gasteiger partial charge in [0.1, 0.15) is 5.39 Å². The van der Waals surface area contributed by atoms with E-state index >= 15 is 0 Å². The highest BCUT2D eigenvalue weighted by atomic mass is 16.2. The van der Waals surface area contributed by atoms with Crippen molar-refractivity contribution >= 4 is 22.6 Å². The standard InChI is InChI=1S/C17H24N4O3/c1-6-7-11-9-18-15-13(14(11)19-12(22)8-10(2)3)16(23)21(5)17(24)20(15)4/h9-10H,6-8H2,1-5H3,(H,18,19,22). The molecule has 2 aromatic rings. The lowest BCUT2D eigenvalue weighted by molar-refractivity contribution is -0.116. The highest BCUT2D eigenvalue weighted by Gasteiger charge is 2.18. The minimum Gasteiger partial charge on any atom is -0.325 e. The number of amides is 1. The van der Waals surface area contributed by atoms with Crippen molar-refractivity contribution in [1.82, 2.24) is 14.1 Å². The van der Waals surface area contributed by atoms with Gasteiger partial charge < -0.3 is 5.32 Å². The Kier molecular flexibility index (Phi) is 5.21. The number of fused-ring (bicyclic) bond motifs is 1. The summed E-state index contributed by atoms with van der Waals surface area (Å²) < 4.78 is 2.36. The van der Waals surface area contributed by atoms with Crippen LogP contribution in [0.2, 0.25) is 0 Å². The lowest BCUT2D eigenvalue weighted by atomic mass is 10.1. The first-order chi connectivity index (χ1) is 11.3. The number of anilines is 1. The van der Waals surface area contributed by atoms with Crippen LogP contribution in [-0.4, -0.2) is 20.0 Å². The average molecular weight is 332 g/mol. The maximum atomic E-state index is 12.6. The fourth-order valence-electron chi connectivity index (χ4n) is 2.73. The third kappa shape index (κ3) is 3.25. The number of pyridine rings is 1. The Morgan fingerprint density at radius 2 is 1.92 bits per heavy atom. The van der Waals surface area contributed by atoms with E-state index in [4.69, 9.17) is 0 Å². The van der Waals surface area contributed by atoms with Crippen molar-refractivity contribution < 1.29 is 4.79 Å². The molecular formula is C17H24N4O3. The van der Waals surface area contributed by atoms with Gasteiger partial charge in [-0.25, -0.2) is 9.78 Å². The summed E-state index contributed by atoms with van der Waals surface area (Å²) in [7, 11) is 2.99. The topological polar surface area (TPSA) is 86.0 Å². The first kappa shape index (κ1) is 17.9. The van der Waals surface area contributed by atoms with Gasteiger partial charge in [-0.2, -0.15) is 0 Å². The van der Waals surface area contributed by atoms with Crippen molar-refractivity contribution in [3.63, 3.8) is 0 Å². The minimum absolute atomic E-state index is 0.147. The maximum absolute atomic E-state index is 12.6. The summed E-state index contributed by atoms with van der Waals surface area (Å²) in [5, 5.41) is 3.16. The van der Waals surface area contributed by atoms with Crippen LogP contribution in [0, 0.1) is 5.92 Å². The Labute approximate surface area is 140 Å². The average Bonchev–Trinajstić information content (AvgIpc) is 2.51. The molecule has 2 rings (SSSR count). The van der Waals surface area contributed by atoms with Crippen LogP contribution in [0.3, 0.4) is 0 Å². The number of nitrogens with one attached hydrogen (secondary N) is 1. The number of aromatic nitrogens is 3. The fraction of sp³-hybridized carbons (Fsp3) is 0.529. The molecule has 0 fully saturated rings. The van der Waals surface area contributed by atoms with Gasteiger partial charge in [-0.3, -0.25) is 18.7 Å². The van der Waals surface area contributed by atoms with E-state index in [1.54, 1.807) is 13.2 Å². The number of hydrogen-bond donors (Lipinski definition) is 1. The fourth-order valence-corrected chi connectivity index (χ4v) is 2.73. The summed E-state index contributed by atoms with van der Waals surface area (Å²) in [5.74, 6) is 0.0608. The molecule has 130 valence electrons. The normalized spacial score (nSPS) is 11.2. The molecule has 0 atom stereocenters. The van der Waals surface area contributed by atoms with E-state index in [9.17, 15) is 14.4 Å². The molecule has 0 aromatic carbocycles. The van der Waals surface area contributed by atoms with E-state index < -0.39 is 11.2 Å². The molecule has 2 heterocycles. The van der Waals surface area contributed by atoms with Crippen LogP contribution in [0.4, 0.5) is 5.69 Å². The second-order valence-corrected chi connectivity index (χ2v) is 6.46. The lowest BCUT2D eigenvalue weighted by Gasteiger charge is -2.15. The highest BCUT2D eigenvalue weighted by Crippen LogP contribution is 2.24. The number of nitrogens with zero attached hydrogens (tertiary/aromatic N) is 3. The summed E-state index contributed by atoms with van der Waals surface area (Å²) in [6.07, 6.45) is 3.54. The third-order valence-electron chi connectivity index (χ3n) is 3.92. The molecule has 7 heteroatoms. The molecule has 0 spiro atoms. The van der Waals surface area contributed by atoms with Crippen LogP contribution in [-0.2, 0) is 25.3 Å². The smallest absolute Gasteiger partial charge is 0.325 e. The highest BCUT2D eigenvalue weighted by molar-refractivity contribution is 6.01. The van der Waals surface area contributed by atoms with Gasteiger partial charge >= 0.3 is 5.69 Å². The molecule has 2 aromatic heterocycles. The van der Waals surface area contributed by atoms with E-state index in [2.05, 4.69) is 10.3 Å². The number of rotatable bonds is 5. The molecule has 0 aliphatic heterocycles. The van der Waals surface area contributed by atoms with Crippen molar-refractivity contribution in [2.75, 3.05) is 5.32 Å². The number of hydrogen-bond acceptors (Lipinski definition) is 4. The zero-order chi connectivity index (χ0) is 18.0. The Morgan fingerprint density at radius 1 is 1.25 bits per heavy atom. The SMILES string of the molecule is CCCc1cnc2c(c1NC(=O)CC(C)C)c(=O)n(C)c(=O)n2C. The first-order valence-electron chi connectivity index (χ1n) is 8.15. The quantitative estimate of drug-likeness (QED) is 0.900. The van der Waals surface area contributed by atoms with Crippen LogP contribution < -0.4 is 16.6 Å². The van der Waals surface area contributed by atoms with Gasteiger partial charge in [-0.15, -0.1) is 0 Å². The number of carbonyl (C=O) groups is 1. The van der Waals surface area contributed by atoms with Gasteiger partial charge in [-0.05, 0) is 17.9 Å². The second kappa shape index (κ2) is 6.98. The van der Waals surface area contributed by atoms with Gasteiger partial charge in [0.05, 0.1) is 5.69 Å². The Bertz CT molecular complexity index is 893. The van der Waals surface area contributed by atoms with E-state index in [0.717, 1.165) is 16.6 Å². The molecule has 0 saturated heterocycles. The zero-order valence-electron chi connectivity index (χ0n) is 14.8. The summed E-state index contributed by atoms with van der Waals surface area (Å²) in [6.45, 7) is 5.93. The summed E-state index contributed by atoms with van der Waals surface area (Å²) in [4.78, 5) is 41.3. The second-order valence-electron chi connectivity index (χ2n) is 6.46. The van der Waals surface area contributed by atoms with Crippen molar-refractivity contribution in [3.05, 3.63) is 32.6 Å². The van der Waals surface area contributed by atoms with E-state index in [0.29, 0.717) is 18.5 Å². The van der Waals surface area contributed by atoms with Crippen LogP contribution in [0.25, 0.3) is 11.0 Å². The van der Waals surface area contributed by atoms with Crippen LogP contribution in [0.5, 0.6) is 0 Å². The minimum atomic E-state index is -0.446. The van der Waals surface area contributed by atoms with Gasteiger partial charge in [0.2, 0.25) is 5.91 Å². The molecule has 0 aliphatic carbocycles. The number of carbonyl (C=O) groups excluding carboxylic acids is 1. The monoisotopic (exact) mass is 332 g/mol. The van der Waals surface area contributed by atoms with Gasteiger partial charge in [0, 0.05) is 26.7 Å². The van der Waals surface area contributed by atoms with Gasteiger partial charge in [0.15, 0.2) is 5.65 Å². The van der Waals surface area contributed by atoms with Crippen molar-refractivity contribution in [2.24, 2.45) is 20.0 Å². The molecule has 0 aliphatic rings. The summed E-state index contributed by atoms with van der Waals surface area (Å²) in [6, 6.07) is 0. The van der Waals surface area contributed by atoms with Crippen LogP contribution in [0.15, 0.2) is 15.8 Å². The van der Waals surface area contributed by atoms with Crippen molar-refractivity contribution in [1.29, 1.82) is 0 Å². The lowest BCUT2D eigenvalue weighted by Crippen LogP contribution is -2.38. The molecule has 1 N–H and O–H groups in total. The largest absolute Gasteiger partial charge is 0.332 e. The van der Waals surface area contributed by atoms with Gasteiger partial charge in [0.25, 0.3) is 5.56 Å². The first-order valence-corrected chi connectivity index (χ1v) is 8.15. The van der Waals surface area contributed by atoms with Crippen LogP contribution in [0.1, 0.15) is 39.2 Å². The number of aryl methyl sites for hydroxylation is 2.